The molecule has 3 heterocycles. The summed E-state index contributed by atoms with van der Waals surface area (Å²) < 4.78 is 4.99. The van der Waals surface area contributed by atoms with Crippen LogP contribution in [0.25, 0.3) is 0 Å². The van der Waals surface area contributed by atoms with Crippen LogP contribution in [-0.2, 0) is 9.53 Å². The molecule has 28 heavy (non-hydrogen) atoms. The molecular formula is C20H30N4O4. The van der Waals surface area contributed by atoms with E-state index in [9.17, 15) is 14.7 Å². The number of ether oxygens (including phenoxy) is 1. The maximum absolute atomic E-state index is 12.4. The minimum absolute atomic E-state index is 0.0399. The predicted molar refractivity (Wildman–Crippen MR) is 106 cm³/mol. The van der Waals surface area contributed by atoms with Crippen LogP contribution in [-0.4, -0.2) is 79.3 Å². The molecule has 3 rings (SSSR count). The Kier molecular flexibility index (Phi) is 7.22. The number of carbonyl (C=O) groups is 2. The molecule has 1 atom stereocenters. The summed E-state index contributed by atoms with van der Waals surface area (Å²) in [6, 6.07) is 3.70. The molecule has 1 amide bonds. The molecule has 2 fully saturated rings. The number of nitrogens with one attached hydrogen (secondary N) is 1. The van der Waals surface area contributed by atoms with Crippen LogP contribution in [0.1, 0.15) is 36.0 Å². The molecule has 2 N–H and O–H groups in total. The lowest BCUT2D eigenvalue weighted by molar-refractivity contribution is -0.127. The number of carbonyl (C=O) groups excluding carboxylic acids is 1. The Labute approximate surface area is 165 Å². The number of piperidine rings is 2. The van der Waals surface area contributed by atoms with Gasteiger partial charge in [-0.3, -0.25) is 9.69 Å². The van der Waals surface area contributed by atoms with Gasteiger partial charge in [0.1, 0.15) is 11.4 Å². The Hall–Kier alpha value is -2.19. The van der Waals surface area contributed by atoms with Crippen molar-refractivity contribution >= 4 is 17.7 Å². The van der Waals surface area contributed by atoms with Crippen molar-refractivity contribution in [1.29, 1.82) is 0 Å². The molecule has 154 valence electrons. The van der Waals surface area contributed by atoms with E-state index in [0.29, 0.717) is 25.0 Å². The molecule has 8 heteroatoms. The monoisotopic (exact) mass is 390 g/mol. The lowest BCUT2D eigenvalue weighted by atomic mass is 9.93. The highest BCUT2D eigenvalue weighted by Gasteiger charge is 2.32. The molecule has 8 nitrogen and oxygen atoms in total. The summed E-state index contributed by atoms with van der Waals surface area (Å²) in [5.74, 6) is -0.220. The van der Waals surface area contributed by atoms with Crippen molar-refractivity contribution in [3.8, 4) is 0 Å². The first kappa shape index (κ1) is 20.5. The van der Waals surface area contributed by atoms with Crippen molar-refractivity contribution in [3.63, 3.8) is 0 Å². The van der Waals surface area contributed by atoms with Gasteiger partial charge in [-0.1, -0.05) is 0 Å². The fourth-order valence-electron chi connectivity index (χ4n) is 4.23. The van der Waals surface area contributed by atoms with Gasteiger partial charge in [-0.25, -0.2) is 9.78 Å². The first-order valence-corrected chi connectivity index (χ1v) is 10.0. The van der Waals surface area contributed by atoms with Gasteiger partial charge in [0.15, 0.2) is 0 Å². The molecule has 0 saturated carbocycles. The third kappa shape index (κ3) is 4.99. The van der Waals surface area contributed by atoms with Crippen LogP contribution < -0.4 is 10.2 Å². The summed E-state index contributed by atoms with van der Waals surface area (Å²) >= 11 is 0. The molecule has 2 saturated heterocycles. The highest BCUT2D eigenvalue weighted by molar-refractivity contribution is 5.93. The molecule has 0 aromatic carbocycles. The van der Waals surface area contributed by atoms with E-state index in [0.717, 1.165) is 51.9 Å². The highest BCUT2D eigenvalue weighted by Crippen LogP contribution is 2.27. The van der Waals surface area contributed by atoms with E-state index in [1.54, 1.807) is 25.4 Å². The third-order valence-corrected chi connectivity index (χ3v) is 5.73. The van der Waals surface area contributed by atoms with Crippen LogP contribution in [0.5, 0.6) is 0 Å². The van der Waals surface area contributed by atoms with Gasteiger partial charge in [0.05, 0.1) is 12.5 Å². The second-order valence-electron chi connectivity index (χ2n) is 7.52. The summed E-state index contributed by atoms with van der Waals surface area (Å²) in [6.45, 7) is 4.48. The van der Waals surface area contributed by atoms with Gasteiger partial charge in [-0.2, -0.15) is 0 Å². The van der Waals surface area contributed by atoms with Crippen LogP contribution in [0.2, 0.25) is 0 Å². The van der Waals surface area contributed by atoms with Crippen LogP contribution in [0, 0.1) is 5.92 Å². The molecule has 0 radical (unpaired) electrons. The predicted octanol–water partition coefficient (Wildman–Crippen LogP) is 1.22. The molecule has 0 aliphatic carbocycles. The molecule has 0 spiro atoms. The number of aromatic carboxylic acids is 1. The van der Waals surface area contributed by atoms with E-state index < -0.39 is 5.97 Å². The molecule has 1 unspecified atom stereocenters. The molecule has 2 aliphatic heterocycles. The van der Waals surface area contributed by atoms with Crippen molar-refractivity contribution in [2.75, 3.05) is 51.3 Å². The molecular weight excluding hydrogens is 360 g/mol. The molecule has 0 bridgehead atoms. The quantitative estimate of drug-likeness (QED) is 0.676. The van der Waals surface area contributed by atoms with Crippen molar-refractivity contribution in [2.24, 2.45) is 5.92 Å². The van der Waals surface area contributed by atoms with Gasteiger partial charge < -0.3 is 20.1 Å². The van der Waals surface area contributed by atoms with E-state index >= 15 is 0 Å². The number of hydrogen-bond donors (Lipinski definition) is 2. The Morgan fingerprint density at radius 1 is 1.29 bits per heavy atom. The number of pyridine rings is 1. The lowest BCUT2D eigenvalue weighted by Gasteiger charge is -2.42. The van der Waals surface area contributed by atoms with Gasteiger partial charge in [0.25, 0.3) is 0 Å². The summed E-state index contributed by atoms with van der Waals surface area (Å²) in [7, 11) is 1.63. The first-order chi connectivity index (χ1) is 13.6. The van der Waals surface area contributed by atoms with Crippen LogP contribution in [0.15, 0.2) is 18.3 Å². The van der Waals surface area contributed by atoms with Gasteiger partial charge >= 0.3 is 5.97 Å². The summed E-state index contributed by atoms with van der Waals surface area (Å²) in [4.78, 5) is 32.6. The van der Waals surface area contributed by atoms with Gasteiger partial charge in [-0.15, -0.1) is 0 Å². The van der Waals surface area contributed by atoms with E-state index in [4.69, 9.17) is 4.74 Å². The minimum atomic E-state index is -0.941. The van der Waals surface area contributed by atoms with Crippen LogP contribution in [0.4, 0.5) is 5.82 Å². The number of hydrogen-bond acceptors (Lipinski definition) is 6. The van der Waals surface area contributed by atoms with Crippen LogP contribution in [0.3, 0.4) is 0 Å². The maximum Gasteiger partial charge on any atom is 0.339 e. The van der Waals surface area contributed by atoms with Gasteiger partial charge in [-0.05, 0) is 44.4 Å². The number of aromatic nitrogens is 1. The van der Waals surface area contributed by atoms with Crippen molar-refractivity contribution in [1.82, 2.24) is 15.2 Å². The van der Waals surface area contributed by atoms with Crippen molar-refractivity contribution in [3.05, 3.63) is 23.9 Å². The average Bonchev–Trinajstić information content (AvgIpc) is 2.74. The van der Waals surface area contributed by atoms with E-state index in [1.165, 1.54) is 0 Å². The SMILES string of the molecule is COCCNC(=O)C1CCCN(C2CCN(c3ncccc3C(=O)O)CC2)C1. The smallest absolute Gasteiger partial charge is 0.339 e. The van der Waals surface area contributed by atoms with Gasteiger partial charge in [0, 0.05) is 45.5 Å². The van der Waals surface area contributed by atoms with Crippen molar-refractivity contribution < 1.29 is 19.4 Å². The summed E-state index contributed by atoms with van der Waals surface area (Å²) in [6.07, 6.45) is 5.52. The lowest BCUT2D eigenvalue weighted by Crippen LogP contribution is -2.51. The van der Waals surface area contributed by atoms with E-state index in [-0.39, 0.29) is 17.4 Å². The second-order valence-corrected chi connectivity index (χ2v) is 7.52. The van der Waals surface area contributed by atoms with Gasteiger partial charge in [0.2, 0.25) is 5.91 Å². The topological polar surface area (TPSA) is 95.0 Å². The number of carboxylic acids is 1. The fourth-order valence-corrected chi connectivity index (χ4v) is 4.23. The van der Waals surface area contributed by atoms with E-state index in [1.807, 2.05) is 0 Å². The van der Waals surface area contributed by atoms with Crippen molar-refractivity contribution in [2.45, 2.75) is 31.7 Å². The fraction of sp³-hybridized carbons (Fsp3) is 0.650. The van der Waals surface area contributed by atoms with Crippen LogP contribution >= 0.6 is 0 Å². The number of likely N-dealkylation sites (tertiary alicyclic amines) is 1. The maximum atomic E-state index is 12.4. The number of anilines is 1. The largest absolute Gasteiger partial charge is 0.478 e. The zero-order valence-electron chi connectivity index (χ0n) is 16.5. The minimum Gasteiger partial charge on any atom is -0.478 e. The van der Waals surface area contributed by atoms with E-state index in [2.05, 4.69) is 20.1 Å². The summed E-state index contributed by atoms with van der Waals surface area (Å²) in [5.41, 5.74) is 0.256. The highest BCUT2D eigenvalue weighted by atomic mass is 16.5. The zero-order chi connectivity index (χ0) is 19.9. The Bertz CT molecular complexity index is 676. The molecule has 1 aromatic heterocycles. The zero-order valence-corrected chi connectivity index (χ0v) is 16.5. The second kappa shape index (κ2) is 9.84. The number of methoxy groups -OCH3 is 1. The average molecular weight is 390 g/mol. The summed E-state index contributed by atoms with van der Waals surface area (Å²) in [5, 5.41) is 12.3. The number of carboxylic acid groups (broad SMARTS) is 1. The third-order valence-electron chi connectivity index (χ3n) is 5.73. The Balaban J connectivity index is 1.53. The Morgan fingerprint density at radius 3 is 2.79 bits per heavy atom. The molecule has 1 aromatic rings. The normalized spacial score (nSPS) is 21.5. The standard InChI is InChI=1S/C20H30N4O4/c1-28-13-9-22-19(25)15-4-3-10-24(14-15)16-6-11-23(12-7-16)18-17(20(26)27)5-2-8-21-18/h2,5,8,15-16H,3-4,6-7,9-14H2,1H3,(H,22,25)(H,26,27). The Morgan fingerprint density at radius 2 is 2.07 bits per heavy atom. The molecule has 2 aliphatic rings. The number of rotatable bonds is 7. The number of nitrogens with zero attached hydrogens (tertiary/aromatic N) is 3. The number of amides is 1. The first-order valence-electron chi connectivity index (χ1n) is 10.0.